The Labute approximate surface area is 335 Å². The van der Waals surface area contributed by atoms with E-state index in [0.717, 1.165) is 0 Å². The second kappa shape index (κ2) is 18.6. The molecule has 0 spiro atoms. The van der Waals surface area contributed by atoms with Gasteiger partial charge in [-0.3, -0.25) is 54.4 Å². The number of pyridine rings is 2. The molecule has 0 saturated carbocycles. The summed E-state index contributed by atoms with van der Waals surface area (Å²) in [7, 11) is 0. The number of nitrogens with one attached hydrogen (secondary N) is 4. The van der Waals surface area contributed by atoms with Gasteiger partial charge >= 0.3 is 11.9 Å². The van der Waals surface area contributed by atoms with Crippen LogP contribution < -0.4 is 21.3 Å². The van der Waals surface area contributed by atoms with Gasteiger partial charge in [0.15, 0.2) is 0 Å². The van der Waals surface area contributed by atoms with Crippen LogP contribution in [0.15, 0.2) is 24.5 Å². The predicted octanol–water partition coefficient (Wildman–Crippen LogP) is 2.88. The van der Waals surface area contributed by atoms with Crippen LogP contribution in [0.3, 0.4) is 0 Å². The molecule has 19 heteroatoms. The van der Waals surface area contributed by atoms with Crippen LogP contribution in [0.1, 0.15) is 95.4 Å². The minimum absolute atomic E-state index is 0. The summed E-state index contributed by atoms with van der Waals surface area (Å²) in [6.07, 6.45) is 4.47. The van der Waals surface area contributed by atoms with Gasteiger partial charge in [-0.1, -0.05) is 0 Å². The molecule has 57 heavy (non-hydrogen) atoms. The molecule has 0 bridgehead atoms. The van der Waals surface area contributed by atoms with Crippen LogP contribution in [-0.4, -0.2) is 112 Å². The first-order valence-electron chi connectivity index (χ1n) is 19.0. The number of hydrogen-bond acceptors (Lipinski definition) is 14. The first-order chi connectivity index (χ1) is 26.6. The number of piperidine rings is 4. The Kier molecular flexibility index (Phi) is 14.2. The van der Waals surface area contributed by atoms with Crippen molar-refractivity contribution in [1.82, 2.24) is 30.4 Å². The molecular weight excluding hydrogens is 770 g/mol. The molecule has 3 atom stereocenters. The van der Waals surface area contributed by atoms with Gasteiger partial charge in [-0.2, -0.15) is 0 Å². The summed E-state index contributed by atoms with van der Waals surface area (Å²) in [4.78, 5) is 86.0. The molecular formula is C38H49ClF2N8O8. The Morgan fingerprint density at radius 3 is 1.67 bits per heavy atom. The van der Waals surface area contributed by atoms with Gasteiger partial charge < -0.3 is 20.1 Å². The number of nitrogens with zero attached hydrogens (tertiary/aromatic N) is 4. The van der Waals surface area contributed by atoms with Crippen LogP contribution in [0.4, 0.5) is 20.2 Å². The van der Waals surface area contributed by atoms with E-state index in [4.69, 9.17) is 9.47 Å². The highest BCUT2D eigenvalue weighted by Gasteiger charge is 2.38. The van der Waals surface area contributed by atoms with Crippen molar-refractivity contribution in [3.8, 4) is 0 Å². The largest absolute Gasteiger partial charge is 0.456 e. The normalized spacial score (nSPS) is 22.1. The van der Waals surface area contributed by atoms with Crippen LogP contribution in [0.2, 0.25) is 0 Å². The highest BCUT2D eigenvalue weighted by atomic mass is 35.5. The van der Waals surface area contributed by atoms with Gasteiger partial charge in [0, 0.05) is 49.9 Å². The number of carbonyl (C=O) groups excluding carboxylic acids is 6. The molecule has 6 rings (SSSR count). The number of anilines is 2. The van der Waals surface area contributed by atoms with Gasteiger partial charge in [0.2, 0.25) is 23.6 Å². The van der Waals surface area contributed by atoms with Crippen molar-refractivity contribution in [2.45, 2.75) is 108 Å². The lowest BCUT2D eigenvalue weighted by Gasteiger charge is -2.37. The van der Waals surface area contributed by atoms with Crippen molar-refractivity contribution in [2.24, 2.45) is 0 Å². The lowest BCUT2D eigenvalue weighted by molar-refractivity contribution is -0.191. The molecule has 0 radical (unpaired) electrons. The minimum atomic E-state index is -1.32. The van der Waals surface area contributed by atoms with Crippen LogP contribution in [-0.2, 0) is 38.2 Å². The number of imide groups is 2. The summed E-state index contributed by atoms with van der Waals surface area (Å²) in [5.74, 6) is -4.49. The fourth-order valence-electron chi connectivity index (χ4n) is 7.46. The maximum Gasteiger partial charge on any atom is 0.363 e. The molecule has 0 aromatic carbocycles. The highest BCUT2D eigenvalue weighted by Crippen LogP contribution is 2.32. The maximum absolute atomic E-state index is 15.3. The molecule has 2 aromatic heterocycles. The van der Waals surface area contributed by atoms with E-state index in [1.54, 1.807) is 25.7 Å². The summed E-state index contributed by atoms with van der Waals surface area (Å²) in [5, 5.41) is 10.4. The summed E-state index contributed by atoms with van der Waals surface area (Å²) < 4.78 is 41.9. The van der Waals surface area contributed by atoms with Gasteiger partial charge in [0.05, 0.1) is 41.7 Å². The Balaban J connectivity index is 0.00000620. The van der Waals surface area contributed by atoms with E-state index in [1.807, 2.05) is 4.90 Å². The van der Waals surface area contributed by atoms with Crippen molar-refractivity contribution in [2.75, 3.05) is 43.4 Å². The number of amides is 4. The number of hydrogen-bond donors (Lipinski definition) is 4. The van der Waals surface area contributed by atoms with E-state index in [-0.39, 0.29) is 61.1 Å². The van der Waals surface area contributed by atoms with E-state index < -0.39 is 59.3 Å². The van der Waals surface area contributed by atoms with E-state index in [9.17, 15) is 28.8 Å². The zero-order chi connectivity index (χ0) is 40.1. The SMILES string of the molecule is CC(C)(C)OC(=O)C(OC(=O)CN1CCC(c2ncc(NC3CCC(=O)NC3=O)cc2F)CC1)N1CCC(c2ncc(NC3CCC(=O)NC3=O)cc2F)CC1.Cl. The molecule has 2 aromatic rings. The molecule has 0 aliphatic carbocycles. The van der Waals surface area contributed by atoms with Crippen molar-refractivity contribution in [3.05, 3.63) is 47.5 Å². The topological polar surface area (TPSA) is 201 Å². The fraction of sp³-hybridized carbons (Fsp3) is 0.579. The summed E-state index contributed by atoms with van der Waals surface area (Å²) in [6.45, 7) is 6.56. The molecule has 4 saturated heterocycles. The number of ether oxygens (including phenoxy) is 2. The molecule has 3 unspecified atom stereocenters. The van der Waals surface area contributed by atoms with Gasteiger partial charge in [0.25, 0.3) is 6.23 Å². The molecule has 310 valence electrons. The molecule has 4 amide bonds. The summed E-state index contributed by atoms with van der Waals surface area (Å²) >= 11 is 0. The number of likely N-dealkylation sites (tertiary alicyclic amines) is 2. The van der Waals surface area contributed by atoms with Crippen LogP contribution >= 0.6 is 12.4 Å². The second-order valence-electron chi connectivity index (χ2n) is 15.7. The molecule has 4 aliphatic heterocycles. The smallest absolute Gasteiger partial charge is 0.363 e. The third-order valence-electron chi connectivity index (χ3n) is 10.3. The molecule has 4 aliphatic rings. The summed E-state index contributed by atoms with van der Waals surface area (Å²) in [5.41, 5.74) is 0.357. The third-order valence-corrected chi connectivity index (χ3v) is 10.3. The van der Waals surface area contributed by atoms with Crippen LogP contribution in [0, 0.1) is 11.6 Å². The second-order valence-corrected chi connectivity index (χ2v) is 15.7. The number of halogens is 3. The standard InChI is InChI=1S/C38H48F2N8O8.ClH/c1-38(2,3)56-37(54)36(48-14-10-22(11-15-48)33-26(40)17-24(19-42-33)44-28-5-7-30(50)46-35(28)53)55-31(51)20-47-12-8-21(9-13-47)32-25(39)16-23(18-41-32)43-27-4-6-29(49)45-34(27)52;/h16-19,21-22,27-28,36,43-44H,4-15,20H2,1-3H3,(H,45,49,52)(H,46,50,53);1H. The third kappa shape index (κ3) is 11.4. The minimum Gasteiger partial charge on any atom is -0.456 e. The highest BCUT2D eigenvalue weighted by molar-refractivity contribution is 6.02. The van der Waals surface area contributed by atoms with E-state index in [0.29, 0.717) is 81.8 Å². The number of aromatic nitrogens is 2. The predicted molar refractivity (Wildman–Crippen MR) is 203 cm³/mol. The first kappa shape index (κ1) is 43.3. The van der Waals surface area contributed by atoms with Gasteiger partial charge in [-0.05, 0) is 72.4 Å². The lowest BCUT2D eigenvalue weighted by Crippen LogP contribution is -2.51. The zero-order valence-corrected chi connectivity index (χ0v) is 32.9. The Morgan fingerprint density at radius 2 is 1.25 bits per heavy atom. The Bertz CT molecular complexity index is 1850. The van der Waals surface area contributed by atoms with E-state index in [2.05, 4.69) is 31.2 Å². The van der Waals surface area contributed by atoms with E-state index in [1.165, 1.54) is 24.5 Å². The first-order valence-corrected chi connectivity index (χ1v) is 19.0. The number of esters is 2. The average Bonchev–Trinajstić information content (AvgIpc) is 3.13. The zero-order valence-electron chi connectivity index (χ0n) is 32.1. The van der Waals surface area contributed by atoms with Crippen LogP contribution in [0.25, 0.3) is 0 Å². The molecule has 4 fully saturated rings. The Hall–Kier alpha value is -4.81. The monoisotopic (exact) mass is 818 g/mol. The van der Waals surface area contributed by atoms with Crippen molar-refractivity contribution in [1.29, 1.82) is 0 Å². The maximum atomic E-state index is 15.3. The molecule has 4 N–H and O–H groups in total. The van der Waals surface area contributed by atoms with Crippen LogP contribution in [0.5, 0.6) is 0 Å². The van der Waals surface area contributed by atoms with Gasteiger partial charge in [-0.25, -0.2) is 13.6 Å². The van der Waals surface area contributed by atoms with Crippen molar-refractivity contribution in [3.63, 3.8) is 0 Å². The Morgan fingerprint density at radius 1 is 0.789 bits per heavy atom. The fourth-order valence-corrected chi connectivity index (χ4v) is 7.46. The van der Waals surface area contributed by atoms with Gasteiger partial charge in [0.1, 0.15) is 29.3 Å². The van der Waals surface area contributed by atoms with Crippen molar-refractivity contribution >= 4 is 59.3 Å². The number of rotatable bonds is 11. The number of carbonyl (C=O) groups is 6. The average molecular weight is 819 g/mol. The van der Waals surface area contributed by atoms with E-state index >= 15 is 8.78 Å². The molecule has 6 heterocycles. The van der Waals surface area contributed by atoms with Crippen molar-refractivity contribution < 1.29 is 47.0 Å². The summed E-state index contributed by atoms with van der Waals surface area (Å²) in [6, 6.07) is 1.24. The lowest BCUT2D eigenvalue weighted by atomic mass is 9.92. The van der Waals surface area contributed by atoms with Gasteiger partial charge in [-0.15, -0.1) is 12.4 Å². The molecule has 16 nitrogen and oxygen atoms in total. The quantitative estimate of drug-likeness (QED) is 0.191.